The minimum atomic E-state index is -0.469. The minimum absolute atomic E-state index is 0. The zero-order chi connectivity index (χ0) is 11.3. The number of aryl methyl sites for hydroxylation is 1. The largest absolute Gasteiger partial charge is 0.320 e. The molecule has 1 aromatic rings. The van der Waals surface area contributed by atoms with Crippen LogP contribution in [0.4, 0.5) is 5.13 Å². The molecule has 0 radical (unpaired) electrons. The molecule has 0 aliphatic rings. The van der Waals surface area contributed by atoms with Gasteiger partial charge in [0.15, 0.2) is 0 Å². The van der Waals surface area contributed by atoms with Gasteiger partial charge in [-0.15, -0.1) is 22.6 Å². The monoisotopic (exact) mass is 264 g/mol. The molecular formula is C9H17ClN4OS. The Morgan fingerprint density at radius 2 is 2.19 bits per heavy atom. The third kappa shape index (κ3) is 4.42. The van der Waals surface area contributed by atoms with Gasteiger partial charge in [0.2, 0.25) is 11.0 Å². The van der Waals surface area contributed by atoms with E-state index >= 15 is 0 Å². The maximum Gasteiger partial charge on any atom is 0.243 e. The van der Waals surface area contributed by atoms with E-state index in [0.717, 1.165) is 17.8 Å². The Morgan fingerprint density at radius 1 is 1.50 bits per heavy atom. The average Bonchev–Trinajstić information content (AvgIpc) is 2.65. The summed E-state index contributed by atoms with van der Waals surface area (Å²) in [6.07, 6.45) is 2.54. The number of nitrogens with one attached hydrogen (secondary N) is 1. The quantitative estimate of drug-likeness (QED) is 0.846. The summed E-state index contributed by atoms with van der Waals surface area (Å²) in [6, 6.07) is -0.469. The van der Waals surface area contributed by atoms with Gasteiger partial charge in [-0.3, -0.25) is 10.1 Å². The molecule has 7 heteroatoms. The summed E-state index contributed by atoms with van der Waals surface area (Å²) in [7, 11) is 0. The van der Waals surface area contributed by atoms with Crippen LogP contribution in [0.15, 0.2) is 0 Å². The van der Waals surface area contributed by atoms with Crippen LogP contribution >= 0.6 is 23.7 Å². The lowest BCUT2D eigenvalue weighted by molar-refractivity contribution is -0.117. The first-order chi connectivity index (χ1) is 7.17. The van der Waals surface area contributed by atoms with E-state index in [1.54, 1.807) is 0 Å². The SMILES string of the molecule is CCCc1nnc(NC(=O)[C@@H](N)CC)s1.Cl. The number of nitrogens with two attached hydrogens (primary N) is 1. The Morgan fingerprint density at radius 3 is 2.75 bits per heavy atom. The number of anilines is 1. The van der Waals surface area contributed by atoms with Crippen LogP contribution < -0.4 is 11.1 Å². The van der Waals surface area contributed by atoms with Gasteiger partial charge in [0.05, 0.1) is 6.04 Å². The van der Waals surface area contributed by atoms with Crippen molar-refractivity contribution in [1.29, 1.82) is 0 Å². The number of carbonyl (C=O) groups excluding carboxylic acids is 1. The molecule has 0 saturated heterocycles. The number of carbonyl (C=O) groups is 1. The van der Waals surface area contributed by atoms with Crippen LogP contribution in [0.3, 0.4) is 0 Å². The van der Waals surface area contributed by atoms with Crippen molar-refractivity contribution in [3.63, 3.8) is 0 Å². The predicted molar refractivity (Wildman–Crippen MR) is 68.0 cm³/mol. The molecule has 5 nitrogen and oxygen atoms in total. The van der Waals surface area contributed by atoms with Crippen molar-refractivity contribution in [2.45, 2.75) is 39.2 Å². The van der Waals surface area contributed by atoms with E-state index < -0.39 is 6.04 Å². The first-order valence-electron chi connectivity index (χ1n) is 5.06. The van der Waals surface area contributed by atoms with Crippen molar-refractivity contribution >= 4 is 34.8 Å². The Labute approximate surface area is 105 Å². The molecule has 0 spiro atoms. The smallest absolute Gasteiger partial charge is 0.243 e. The van der Waals surface area contributed by atoms with Crippen LogP contribution in [0.2, 0.25) is 0 Å². The predicted octanol–water partition coefficient (Wildman–Crippen LogP) is 1.59. The Balaban J connectivity index is 0.00000225. The summed E-state index contributed by atoms with van der Waals surface area (Å²) in [4.78, 5) is 11.4. The highest BCUT2D eigenvalue weighted by atomic mass is 35.5. The highest BCUT2D eigenvalue weighted by Crippen LogP contribution is 2.16. The van der Waals surface area contributed by atoms with Crippen LogP contribution in [-0.2, 0) is 11.2 Å². The van der Waals surface area contributed by atoms with Crippen molar-refractivity contribution < 1.29 is 4.79 Å². The van der Waals surface area contributed by atoms with Gasteiger partial charge in [-0.2, -0.15) is 0 Å². The molecule has 1 heterocycles. The Bertz CT molecular complexity index is 331. The van der Waals surface area contributed by atoms with Crippen LogP contribution in [0.25, 0.3) is 0 Å². The van der Waals surface area contributed by atoms with E-state index in [-0.39, 0.29) is 18.3 Å². The van der Waals surface area contributed by atoms with E-state index in [4.69, 9.17) is 5.73 Å². The molecule has 1 rings (SSSR count). The fourth-order valence-electron chi connectivity index (χ4n) is 1.00. The number of halogens is 1. The van der Waals surface area contributed by atoms with Gasteiger partial charge in [-0.1, -0.05) is 25.2 Å². The number of amides is 1. The summed E-state index contributed by atoms with van der Waals surface area (Å²) < 4.78 is 0. The molecule has 0 aliphatic heterocycles. The molecule has 0 bridgehead atoms. The lowest BCUT2D eigenvalue weighted by Crippen LogP contribution is -2.34. The number of rotatable bonds is 5. The van der Waals surface area contributed by atoms with Gasteiger partial charge in [0, 0.05) is 6.42 Å². The number of hydrogen-bond donors (Lipinski definition) is 2. The molecule has 0 aliphatic carbocycles. The summed E-state index contributed by atoms with van der Waals surface area (Å²) in [5.41, 5.74) is 5.57. The Kier molecular flexibility index (Phi) is 7.20. The van der Waals surface area contributed by atoms with Crippen LogP contribution in [0.1, 0.15) is 31.7 Å². The average molecular weight is 265 g/mol. The van der Waals surface area contributed by atoms with Crippen molar-refractivity contribution in [3.8, 4) is 0 Å². The summed E-state index contributed by atoms with van der Waals surface area (Å²) in [6.45, 7) is 3.94. The first-order valence-corrected chi connectivity index (χ1v) is 5.87. The van der Waals surface area contributed by atoms with Gasteiger partial charge in [0.25, 0.3) is 0 Å². The standard InChI is InChI=1S/C9H16N4OS.ClH/c1-3-5-7-12-13-9(15-7)11-8(14)6(10)4-2;/h6H,3-5,10H2,1-2H3,(H,11,13,14);1H/t6-;/m0./s1. The van der Waals surface area contributed by atoms with E-state index in [9.17, 15) is 4.79 Å². The molecule has 1 aromatic heterocycles. The Hall–Kier alpha value is -0.720. The van der Waals surface area contributed by atoms with E-state index in [1.165, 1.54) is 11.3 Å². The maximum absolute atomic E-state index is 11.4. The number of nitrogens with zero attached hydrogens (tertiary/aromatic N) is 2. The van der Waals surface area contributed by atoms with E-state index in [1.807, 2.05) is 6.92 Å². The maximum atomic E-state index is 11.4. The molecule has 0 unspecified atom stereocenters. The van der Waals surface area contributed by atoms with E-state index in [2.05, 4.69) is 22.4 Å². The highest BCUT2D eigenvalue weighted by molar-refractivity contribution is 7.15. The van der Waals surface area contributed by atoms with Crippen molar-refractivity contribution in [2.24, 2.45) is 5.73 Å². The summed E-state index contributed by atoms with van der Waals surface area (Å²) in [5, 5.41) is 12.0. The zero-order valence-electron chi connectivity index (χ0n) is 9.40. The number of hydrogen-bond acceptors (Lipinski definition) is 5. The molecule has 1 atom stereocenters. The van der Waals surface area contributed by atoms with Gasteiger partial charge in [-0.05, 0) is 12.8 Å². The zero-order valence-corrected chi connectivity index (χ0v) is 11.0. The highest BCUT2D eigenvalue weighted by Gasteiger charge is 2.13. The molecule has 0 fully saturated rings. The third-order valence-corrected chi connectivity index (χ3v) is 2.84. The van der Waals surface area contributed by atoms with Gasteiger partial charge < -0.3 is 5.73 Å². The van der Waals surface area contributed by atoms with Crippen molar-refractivity contribution in [2.75, 3.05) is 5.32 Å². The second kappa shape index (κ2) is 7.54. The van der Waals surface area contributed by atoms with Crippen LogP contribution in [-0.4, -0.2) is 22.1 Å². The van der Waals surface area contributed by atoms with Crippen molar-refractivity contribution in [3.05, 3.63) is 5.01 Å². The second-order valence-corrected chi connectivity index (χ2v) is 4.32. The molecule has 3 N–H and O–H groups in total. The second-order valence-electron chi connectivity index (χ2n) is 3.25. The topological polar surface area (TPSA) is 80.9 Å². The molecular weight excluding hydrogens is 248 g/mol. The van der Waals surface area contributed by atoms with E-state index in [0.29, 0.717) is 11.6 Å². The first kappa shape index (κ1) is 15.3. The third-order valence-electron chi connectivity index (χ3n) is 1.94. The molecule has 0 aromatic carbocycles. The van der Waals surface area contributed by atoms with Gasteiger partial charge in [-0.25, -0.2) is 0 Å². The normalized spacial score (nSPS) is 11.7. The summed E-state index contributed by atoms with van der Waals surface area (Å²) >= 11 is 1.40. The van der Waals surface area contributed by atoms with Gasteiger partial charge in [0.1, 0.15) is 5.01 Å². The molecule has 92 valence electrons. The fourth-order valence-corrected chi connectivity index (χ4v) is 1.85. The van der Waals surface area contributed by atoms with Gasteiger partial charge >= 0.3 is 0 Å². The molecule has 16 heavy (non-hydrogen) atoms. The van der Waals surface area contributed by atoms with Crippen molar-refractivity contribution in [1.82, 2.24) is 10.2 Å². The summed E-state index contributed by atoms with van der Waals surface area (Å²) in [5.74, 6) is -0.198. The minimum Gasteiger partial charge on any atom is -0.320 e. The lowest BCUT2D eigenvalue weighted by atomic mass is 10.2. The van der Waals surface area contributed by atoms with Crippen LogP contribution in [0, 0.1) is 0 Å². The fraction of sp³-hybridized carbons (Fsp3) is 0.667. The lowest BCUT2D eigenvalue weighted by Gasteiger charge is -2.06. The molecule has 0 saturated carbocycles. The van der Waals surface area contributed by atoms with Crippen LogP contribution in [0.5, 0.6) is 0 Å². The molecule has 1 amide bonds. The number of aromatic nitrogens is 2.